The van der Waals surface area contributed by atoms with Gasteiger partial charge in [0.1, 0.15) is 5.82 Å². The number of nitrogens with one attached hydrogen (secondary N) is 1. The molecular formula is C9H9BrFNO. The van der Waals surface area contributed by atoms with Crippen LogP contribution in [0.2, 0.25) is 0 Å². The van der Waals surface area contributed by atoms with Crippen molar-refractivity contribution in [3.05, 3.63) is 34.1 Å². The Balaban J connectivity index is 2.87. The molecule has 0 saturated heterocycles. The number of carbonyl (C=O) groups is 1. The van der Waals surface area contributed by atoms with E-state index in [1.165, 1.54) is 12.1 Å². The molecule has 0 saturated carbocycles. The van der Waals surface area contributed by atoms with Gasteiger partial charge in [-0.2, -0.15) is 0 Å². The summed E-state index contributed by atoms with van der Waals surface area (Å²) >= 11 is 3.24. The first-order chi connectivity index (χ1) is 6.13. The van der Waals surface area contributed by atoms with Crippen molar-refractivity contribution >= 4 is 21.8 Å². The molecule has 0 bridgehead atoms. The SMILES string of the molecule is CNC(=O)Cc1cc(F)ccc1Br. The Hall–Kier alpha value is -0.900. The minimum Gasteiger partial charge on any atom is -0.359 e. The van der Waals surface area contributed by atoms with E-state index in [2.05, 4.69) is 21.2 Å². The van der Waals surface area contributed by atoms with Crippen molar-refractivity contribution in [2.45, 2.75) is 6.42 Å². The molecule has 0 radical (unpaired) electrons. The largest absolute Gasteiger partial charge is 0.359 e. The zero-order valence-corrected chi connectivity index (χ0v) is 8.69. The Kier molecular flexibility index (Phi) is 3.42. The number of halogens is 2. The first-order valence-corrected chi connectivity index (χ1v) is 4.57. The minimum atomic E-state index is -0.331. The van der Waals surface area contributed by atoms with E-state index in [0.717, 1.165) is 4.47 Å². The fraction of sp³-hybridized carbons (Fsp3) is 0.222. The maximum Gasteiger partial charge on any atom is 0.224 e. The Bertz CT molecular complexity index is 327. The van der Waals surface area contributed by atoms with Crippen molar-refractivity contribution in [3.8, 4) is 0 Å². The predicted octanol–water partition coefficient (Wildman–Crippen LogP) is 1.88. The van der Waals surface area contributed by atoms with Crippen molar-refractivity contribution in [1.82, 2.24) is 5.32 Å². The van der Waals surface area contributed by atoms with Gasteiger partial charge in [0, 0.05) is 11.5 Å². The van der Waals surface area contributed by atoms with Crippen molar-refractivity contribution in [2.24, 2.45) is 0 Å². The second-order valence-electron chi connectivity index (χ2n) is 2.59. The molecule has 0 heterocycles. The summed E-state index contributed by atoms with van der Waals surface area (Å²) in [6, 6.07) is 4.28. The lowest BCUT2D eigenvalue weighted by Crippen LogP contribution is -2.20. The first-order valence-electron chi connectivity index (χ1n) is 3.78. The van der Waals surface area contributed by atoms with Crippen LogP contribution in [-0.2, 0) is 11.2 Å². The Morgan fingerprint density at radius 3 is 2.92 bits per heavy atom. The van der Waals surface area contributed by atoms with E-state index < -0.39 is 0 Å². The topological polar surface area (TPSA) is 29.1 Å². The van der Waals surface area contributed by atoms with Gasteiger partial charge in [-0.25, -0.2) is 4.39 Å². The van der Waals surface area contributed by atoms with E-state index in [1.807, 2.05) is 0 Å². The van der Waals surface area contributed by atoms with E-state index >= 15 is 0 Å². The average Bonchev–Trinajstić information content (AvgIpc) is 2.11. The van der Waals surface area contributed by atoms with Gasteiger partial charge in [0.25, 0.3) is 0 Å². The summed E-state index contributed by atoms with van der Waals surface area (Å²) in [5.74, 6) is -0.464. The Labute approximate surface area is 84.3 Å². The van der Waals surface area contributed by atoms with Gasteiger partial charge in [-0.3, -0.25) is 4.79 Å². The maximum absolute atomic E-state index is 12.7. The molecular weight excluding hydrogens is 237 g/mol. The molecule has 70 valence electrons. The summed E-state index contributed by atoms with van der Waals surface area (Å²) in [6.45, 7) is 0. The van der Waals surface area contributed by atoms with Crippen LogP contribution in [0, 0.1) is 5.82 Å². The molecule has 0 spiro atoms. The number of amides is 1. The number of hydrogen-bond acceptors (Lipinski definition) is 1. The zero-order chi connectivity index (χ0) is 9.84. The van der Waals surface area contributed by atoms with Crippen LogP contribution >= 0.6 is 15.9 Å². The van der Waals surface area contributed by atoms with E-state index in [9.17, 15) is 9.18 Å². The molecule has 1 aromatic carbocycles. The van der Waals surface area contributed by atoms with Crippen LogP contribution < -0.4 is 5.32 Å². The van der Waals surface area contributed by atoms with Gasteiger partial charge in [-0.05, 0) is 23.8 Å². The van der Waals surface area contributed by atoms with Gasteiger partial charge in [0.2, 0.25) is 5.91 Å². The van der Waals surface area contributed by atoms with Crippen LogP contribution in [0.5, 0.6) is 0 Å². The van der Waals surface area contributed by atoms with Gasteiger partial charge in [0.15, 0.2) is 0 Å². The third-order valence-electron chi connectivity index (χ3n) is 1.64. The summed E-state index contributed by atoms with van der Waals surface area (Å²) in [7, 11) is 1.55. The standard InChI is InChI=1S/C9H9BrFNO/c1-12-9(13)5-6-4-7(11)2-3-8(6)10/h2-4H,5H2,1H3,(H,12,13). The lowest BCUT2D eigenvalue weighted by molar-refractivity contribution is -0.119. The third kappa shape index (κ3) is 2.81. The highest BCUT2D eigenvalue weighted by molar-refractivity contribution is 9.10. The van der Waals surface area contributed by atoms with Crippen LogP contribution in [0.4, 0.5) is 4.39 Å². The van der Waals surface area contributed by atoms with E-state index in [4.69, 9.17) is 0 Å². The Morgan fingerprint density at radius 2 is 2.31 bits per heavy atom. The van der Waals surface area contributed by atoms with Crippen LogP contribution in [-0.4, -0.2) is 13.0 Å². The van der Waals surface area contributed by atoms with Crippen molar-refractivity contribution in [1.29, 1.82) is 0 Å². The smallest absolute Gasteiger partial charge is 0.224 e. The molecule has 1 amide bonds. The van der Waals surface area contributed by atoms with Gasteiger partial charge in [0.05, 0.1) is 6.42 Å². The lowest BCUT2D eigenvalue weighted by Gasteiger charge is -2.03. The molecule has 0 aromatic heterocycles. The number of carbonyl (C=O) groups excluding carboxylic acids is 1. The van der Waals surface area contributed by atoms with E-state index in [-0.39, 0.29) is 18.1 Å². The molecule has 1 aromatic rings. The van der Waals surface area contributed by atoms with Gasteiger partial charge < -0.3 is 5.32 Å². The quantitative estimate of drug-likeness (QED) is 0.848. The predicted molar refractivity (Wildman–Crippen MR) is 51.9 cm³/mol. The van der Waals surface area contributed by atoms with Crippen LogP contribution in [0.3, 0.4) is 0 Å². The summed E-state index contributed by atoms with van der Waals surface area (Å²) in [5.41, 5.74) is 0.652. The van der Waals surface area contributed by atoms with Crippen LogP contribution in [0.25, 0.3) is 0 Å². The molecule has 4 heteroatoms. The normalized spacial score (nSPS) is 9.77. The molecule has 0 atom stereocenters. The van der Waals surface area contributed by atoms with Crippen LogP contribution in [0.1, 0.15) is 5.56 Å². The van der Waals surface area contributed by atoms with Gasteiger partial charge in [-0.15, -0.1) is 0 Å². The van der Waals surface area contributed by atoms with Crippen molar-refractivity contribution < 1.29 is 9.18 Å². The molecule has 0 aliphatic rings. The average molecular weight is 246 g/mol. The molecule has 0 fully saturated rings. The number of hydrogen-bond donors (Lipinski definition) is 1. The van der Waals surface area contributed by atoms with E-state index in [0.29, 0.717) is 5.56 Å². The fourth-order valence-electron chi connectivity index (χ4n) is 0.940. The lowest BCUT2D eigenvalue weighted by atomic mass is 10.1. The zero-order valence-electron chi connectivity index (χ0n) is 7.10. The Morgan fingerprint density at radius 1 is 1.62 bits per heavy atom. The van der Waals surface area contributed by atoms with Gasteiger partial charge in [-0.1, -0.05) is 15.9 Å². The summed E-state index contributed by atoms with van der Waals surface area (Å²) in [4.78, 5) is 11.0. The highest BCUT2D eigenvalue weighted by Crippen LogP contribution is 2.18. The second kappa shape index (κ2) is 4.37. The minimum absolute atomic E-state index is 0.133. The number of rotatable bonds is 2. The molecule has 1 N–H and O–H groups in total. The molecule has 1 rings (SSSR count). The molecule has 0 aliphatic carbocycles. The highest BCUT2D eigenvalue weighted by atomic mass is 79.9. The highest BCUT2D eigenvalue weighted by Gasteiger charge is 2.05. The van der Waals surface area contributed by atoms with E-state index in [1.54, 1.807) is 13.1 Å². The summed E-state index contributed by atoms with van der Waals surface area (Å²) in [5, 5.41) is 2.48. The third-order valence-corrected chi connectivity index (χ3v) is 2.41. The van der Waals surface area contributed by atoms with Gasteiger partial charge >= 0.3 is 0 Å². The van der Waals surface area contributed by atoms with Crippen molar-refractivity contribution in [3.63, 3.8) is 0 Å². The monoisotopic (exact) mass is 245 g/mol. The molecule has 2 nitrogen and oxygen atoms in total. The fourth-order valence-corrected chi connectivity index (χ4v) is 1.33. The summed E-state index contributed by atoms with van der Waals surface area (Å²) in [6.07, 6.45) is 0.189. The molecule has 0 unspecified atom stereocenters. The molecule has 13 heavy (non-hydrogen) atoms. The summed E-state index contributed by atoms with van der Waals surface area (Å²) < 4.78 is 13.5. The molecule has 0 aliphatic heterocycles. The second-order valence-corrected chi connectivity index (χ2v) is 3.44. The first kappa shape index (κ1) is 10.2. The maximum atomic E-state index is 12.7. The number of benzene rings is 1. The number of likely N-dealkylation sites (N-methyl/N-ethyl adjacent to an activating group) is 1. The van der Waals surface area contributed by atoms with Crippen molar-refractivity contribution in [2.75, 3.05) is 7.05 Å². The van der Waals surface area contributed by atoms with Crippen LogP contribution in [0.15, 0.2) is 22.7 Å².